The van der Waals surface area contributed by atoms with Crippen molar-refractivity contribution in [3.05, 3.63) is 11.8 Å². The molecule has 6 nitrogen and oxygen atoms in total. The van der Waals surface area contributed by atoms with Crippen LogP contribution in [0.4, 0.5) is 11.8 Å². The number of aromatic nitrogens is 2. The van der Waals surface area contributed by atoms with Crippen LogP contribution in [0.25, 0.3) is 0 Å². The Morgan fingerprint density at radius 2 is 2.00 bits per heavy atom. The molecule has 1 aromatic rings. The number of anilines is 2. The average Bonchev–Trinajstić information content (AvgIpc) is 2.93. The third kappa shape index (κ3) is 2.39. The molecular formula is C12H18N4O2. The fraction of sp³-hybridized carbons (Fsp3) is 0.667. The van der Waals surface area contributed by atoms with E-state index in [0.29, 0.717) is 11.9 Å². The summed E-state index contributed by atoms with van der Waals surface area (Å²) in [6.45, 7) is 4.74. The smallest absolute Gasteiger partial charge is 0.222 e. The Labute approximate surface area is 106 Å². The van der Waals surface area contributed by atoms with Crippen molar-refractivity contribution in [3.8, 4) is 0 Å². The standard InChI is InChI=1S/C12H18N4O2/c13-12-14-10(9-1-4-18-8-9)7-11(15-12)16-2-5-17-6-3-16/h7,9H,1-6,8H2,(H2,13,14,15). The topological polar surface area (TPSA) is 73.5 Å². The second kappa shape index (κ2) is 5.07. The molecule has 18 heavy (non-hydrogen) atoms. The molecule has 0 aromatic carbocycles. The van der Waals surface area contributed by atoms with E-state index >= 15 is 0 Å². The number of hydrogen-bond acceptors (Lipinski definition) is 6. The first-order chi connectivity index (χ1) is 8.83. The lowest BCUT2D eigenvalue weighted by molar-refractivity contribution is 0.122. The SMILES string of the molecule is Nc1nc(C2CCOC2)cc(N2CCOCC2)n1. The van der Waals surface area contributed by atoms with Gasteiger partial charge < -0.3 is 20.1 Å². The highest BCUT2D eigenvalue weighted by atomic mass is 16.5. The summed E-state index contributed by atoms with van der Waals surface area (Å²) in [4.78, 5) is 10.9. The van der Waals surface area contributed by atoms with Gasteiger partial charge in [0.05, 0.1) is 25.5 Å². The fourth-order valence-electron chi connectivity index (χ4n) is 2.40. The van der Waals surface area contributed by atoms with E-state index in [1.807, 2.05) is 6.07 Å². The molecule has 2 N–H and O–H groups in total. The molecule has 0 bridgehead atoms. The molecule has 6 heteroatoms. The van der Waals surface area contributed by atoms with Gasteiger partial charge in [0.1, 0.15) is 5.82 Å². The van der Waals surface area contributed by atoms with Crippen LogP contribution in [-0.4, -0.2) is 49.5 Å². The van der Waals surface area contributed by atoms with Crippen molar-refractivity contribution in [1.29, 1.82) is 0 Å². The predicted octanol–water partition coefficient (Wildman–Crippen LogP) is 0.399. The van der Waals surface area contributed by atoms with Gasteiger partial charge in [-0.25, -0.2) is 4.98 Å². The van der Waals surface area contributed by atoms with Crippen molar-refractivity contribution in [3.63, 3.8) is 0 Å². The quantitative estimate of drug-likeness (QED) is 0.819. The first-order valence-electron chi connectivity index (χ1n) is 6.38. The summed E-state index contributed by atoms with van der Waals surface area (Å²) in [5.41, 5.74) is 6.81. The maximum absolute atomic E-state index is 5.81. The minimum absolute atomic E-state index is 0.348. The van der Waals surface area contributed by atoms with Gasteiger partial charge in [0.25, 0.3) is 0 Å². The van der Waals surface area contributed by atoms with Crippen molar-refractivity contribution in [2.75, 3.05) is 50.2 Å². The van der Waals surface area contributed by atoms with Crippen molar-refractivity contribution in [1.82, 2.24) is 9.97 Å². The molecule has 0 radical (unpaired) electrons. The van der Waals surface area contributed by atoms with Crippen LogP contribution in [0.5, 0.6) is 0 Å². The van der Waals surface area contributed by atoms with Gasteiger partial charge in [0.15, 0.2) is 0 Å². The van der Waals surface area contributed by atoms with Gasteiger partial charge in [-0.05, 0) is 6.42 Å². The highest BCUT2D eigenvalue weighted by molar-refractivity contribution is 5.44. The Bertz CT molecular complexity index is 415. The molecule has 2 aliphatic heterocycles. The predicted molar refractivity (Wildman–Crippen MR) is 67.7 cm³/mol. The first kappa shape index (κ1) is 11.7. The Morgan fingerprint density at radius 1 is 1.17 bits per heavy atom. The van der Waals surface area contributed by atoms with E-state index in [0.717, 1.165) is 57.4 Å². The van der Waals surface area contributed by atoms with E-state index < -0.39 is 0 Å². The molecule has 1 aromatic heterocycles. The van der Waals surface area contributed by atoms with Crippen LogP contribution in [0.15, 0.2) is 6.07 Å². The van der Waals surface area contributed by atoms with Crippen molar-refractivity contribution >= 4 is 11.8 Å². The lowest BCUT2D eigenvalue weighted by Crippen LogP contribution is -2.37. The monoisotopic (exact) mass is 250 g/mol. The summed E-state index contributed by atoms with van der Waals surface area (Å²) in [5.74, 6) is 1.61. The highest BCUT2D eigenvalue weighted by Crippen LogP contribution is 2.26. The summed E-state index contributed by atoms with van der Waals surface area (Å²) < 4.78 is 10.7. The molecule has 98 valence electrons. The average molecular weight is 250 g/mol. The minimum Gasteiger partial charge on any atom is -0.381 e. The molecule has 3 rings (SSSR count). The molecule has 2 fully saturated rings. The summed E-state index contributed by atoms with van der Waals surface area (Å²) in [5, 5.41) is 0. The van der Waals surface area contributed by atoms with Gasteiger partial charge >= 0.3 is 0 Å². The number of rotatable bonds is 2. The number of nitrogens with zero attached hydrogens (tertiary/aromatic N) is 3. The van der Waals surface area contributed by atoms with E-state index in [4.69, 9.17) is 15.2 Å². The van der Waals surface area contributed by atoms with Gasteiger partial charge in [0, 0.05) is 31.7 Å². The Kier molecular flexibility index (Phi) is 3.29. The molecule has 0 amide bonds. The van der Waals surface area contributed by atoms with Crippen LogP contribution in [0, 0.1) is 0 Å². The second-order valence-electron chi connectivity index (χ2n) is 4.67. The van der Waals surface area contributed by atoms with Gasteiger partial charge in [-0.2, -0.15) is 4.98 Å². The molecule has 0 aliphatic carbocycles. The molecule has 0 spiro atoms. The number of nitrogen functional groups attached to an aromatic ring is 1. The number of hydrogen-bond donors (Lipinski definition) is 1. The van der Waals surface area contributed by atoms with Crippen LogP contribution >= 0.6 is 0 Å². The van der Waals surface area contributed by atoms with Crippen LogP contribution < -0.4 is 10.6 Å². The van der Waals surface area contributed by atoms with Crippen LogP contribution in [0.3, 0.4) is 0 Å². The molecule has 3 heterocycles. The minimum atomic E-state index is 0.348. The maximum Gasteiger partial charge on any atom is 0.222 e. The van der Waals surface area contributed by atoms with Crippen LogP contribution in [-0.2, 0) is 9.47 Å². The Morgan fingerprint density at radius 3 is 2.72 bits per heavy atom. The van der Waals surface area contributed by atoms with E-state index in [1.165, 1.54) is 0 Å². The van der Waals surface area contributed by atoms with Gasteiger partial charge in [-0.1, -0.05) is 0 Å². The maximum atomic E-state index is 5.81. The third-order valence-electron chi connectivity index (χ3n) is 3.43. The van der Waals surface area contributed by atoms with Crippen molar-refractivity contribution in [2.45, 2.75) is 12.3 Å². The number of ether oxygens (including phenoxy) is 2. The molecule has 1 atom stereocenters. The zero-order valence-electron chi connectivity index (χ0n) is 10.3. The van der Waals surface area contributed by atoms with Crippen LogP contribution in [0.1, 0.15) is 18.0 Å². The fourth-order valence-corrected chi connectivity index (χ4v) is 2.40. The molecular weight excluding hydrogens is 232 g/mol. The highest BCUT2D eigenvalue weighted by Gasteiger charge is 2.22. The first-order valence-corrected chi connectivity index (χ1v) is 6.38. The zero-order chi connectivity index (χ0) is 12.4. The van der Waals surface area contributed by atoms with Crippen molar-refractivity contribution in [2.24, 2.45) is 0 Å². The van der Waals surface area contributed by atoms with Crippen molar-refractivity contribution < 1.29 is 9.47 Å². The van der Waals surface area contributed by atoms with Gasteiger partial charge in [-0.15, -0.1) is 0 Å². The Balaban J connectivity index is 1.84. The summed E-state index contributed by atoms with van der Waals surface area (Å²) in [7, 11) is 0. The normalized spacial score (nSPS) is 24.4. The van der Waals surface area contributed by atoms with E-state index in [1.54, 1.807) is 0 Å². The molecule has 2 aliphatic rings. The van der Waals surface area contributed by atoms with Crippen LogP contribution in [0.2, 0.25) is 0 Å². The van der Waals surface area contributed by atoms with E-state index in [2.05, 4.69) is 14.9 Å². The Hall–Kier alpha value is -1.40. The number of morpholine rings is 1. The molecule has 1 unspecified atom stereocenters. The lowest BCUT2D eigenvalue weighted by atomic mass is 10.0. The number of nitrogens with two attached hydrogens (primary N) is 1. The summed E-state index contributed by atoms with van der Waals surface area (Å²) in [6, 6.07) is 2.04. The van der Waals surface area contributed by atoms with Gasteiger partial charge in [0.2, 0.25) is 5.95 Å². The van der Waals surface area contributed by atoms with E-state index in [9.17, 15) is 0 Å². The molecule has 0 saturated carbocycles. The van der Waals surface area contributed by atoms with E-state index in [-0.39, 0.29) is 0 Å². The summed E-state index contributed by atoms with van der Waals surface area (Å²) in [6.07, 6.45) is 1.01. The second-order valence-corrected chi connectivity index (χ2v) is 4.67. The van der Waals surface area contributed by atoms with Gasteiger partial charge in [-0.3, -0.25) is 0 Å². The third-order valence-corrected chi connectivity index (χ3v) is 3.43. The largest absolute Gasteiger partial charge is 0.381 e. The summed E-state index contributed by atoms with van der Waals surface area (Å²) >= 11 is 0. The zero-order valence-corrected chi connectivity index (χ0v) is 10.3. The molecule has 2 saturated heterocycles. The lowest BCUT2D eigenvalue weighted by Gasteiger charge is -2.28.